The van der Waals surface area contributed by atoms with Crippen LogP contribution >= 0.6 is 15.9 Å². The maximum Gasteiger partial charge on any atom is 0.133 e. The topological polar surface area (TPSA) is 55.5 Å². The van der Waals surface area contributed by atoms with Crippen LogP contribution in [0.5, 0.6) is 5.75 Å². The molecular formula is C14H22BrNO2. The van der Waals surface area contributed by atoms with Gasteiger partial charge < -0.3 is 15.6 Å². The third kappa shape index (κ3) is 4.26. The minimum absolute atomic E-state index is 0.149. The van der Waals surface area contributed by atoms with Gasteiger partial charge in [-0.25, -0.2) is 0 Å². The monoisotopic (exact) mass is 315 g/mol. The van der Waals surface area contributed by atoms with E-state index in [2.05, 4.69) is 35.0 Å². The highest BCUT2D eigenvalue weighted by Gasteiger charge is 2.15. The maximum atomic E-state index is 9.23. The summed E-state index contributed by atoms with van der Waals surface area (Å²) < 4.78 is 6.45. The van der Waals surface area contributed by atoms with Crippen molar-refractivity contribution in [3.63, 3.8) is 0 Å². The fraction of sp³-hybridized carbons (Fsp3) is 0.571. The number of nitrogens with two attached hydrogens (primary N) is 1. The standard InChI is InChI=1S/C14H22BrNO2/c1-3-18-14-5-4-11(7-13(14)15)6-10(2)12(8-16)9-17/h4-5,7,10,12,17H,3,6,8-9,16H2,1-2H3. The number of hydrogen-bond donors (Lipinski definition) is 2. The molecule has 1 aromatic rings. The zero-order chi connectivity index (χ0) is 13.5. The Morgan fingerprint density at radius 2 is 2.17 bits per heavy atom. The highest BCUT2D eigenvalue weighted by molar-refractivity contribution is 9.10. The van der Waals surface area contributed by atoms with Gasteiger partial charge >= 0.3 is 0 Å². The summed E-state index contributed by atoms with van der Waals surface area (Å²) >= 11 is 3.51. The molecule has 0 radical (unpaired) electrons. The molecule has 4 heteroatoms. The average molecular weight is 316 g/mol. The van der Waals surface area contributed by atoms with Gasteiger partial charge in [0.05, 0.1) is 11.1 Å². The van der Waals surface area contributed by atoms with Crippen LogP contribution in [0.1, 0.15) is 19.4 Å². The fourth-order valence-corrected chi connectivity index (χ4v) is 2.51. The Morgan fingerprint density at radius 3 is 2.67 bits per heavy atom. The van der Waals surface area contributed by atoms with Crippen molar-refractivity contribution in [2.75, 3.05) is 19.8 Å². The normalized spacial score (nSPS) is 14.3. The van der Waals surface area contributed by atoms with Crippen LogP contribution in [0.25, 0.3) is 0 Å². The van der Waals surface area contributed by atoms with Crippen molar-refractivity contribution in [2.45, 2.75) is 20.3 Å². The van der Waals surface area contributed by atoms with Crippen molar-refractivity contribution in [1.29, 1.82) is 0 Å². The third-order valence-corrected chi connectivity index (χ3v) is 3.82. The van der Waals surface area contributed by atoms with Crippen LogP contribution in [-0.4, -0.2) is 24.9 Å². The lowest BCUT2D eigenvalue weighted by Gasteiger charge is -2.20. The molecule has 0 saturated carbocycles. The number of aliphatic hydroxyl groups excluding tert-OH is 1. The van der Waals surface area contributed by atoms with Crippen molar-refractivity contribution >= 4 is 15.9 Å². The molecule has 3 N–H and O–H groups in total. The van der Waals surface area contributed by atoms with Crippen molar-refractivity contribution in [2.24, 2.45) is 17.6 Å². The lowest BCUT2D eigenvalue weighted by Crippen LogP contribution is -2.26. The Bertz CT molecular complexity index is 367. The molecular weight excluding hydrogens is 294 g/mol. The second-order valence-electron chi connectivity index (χ2n) is 4.56. The van der Waals surface area contributed by atoms with E-state index in [-0.39, 0.29) is 12.5 Å². The summed E-state index contributed by atoms with van der Waals surface area (Å²) in [6.07, 6.45) is 0.910. The summed E-state index contributed by atoms with van der Waals surface area (Å²) in [7, 11) is 0. The molecule has 1 rings (SSSR count). The van der Waals surface area contributed by atoms with Crippen molar-refractivity contribution in [3.8, 4) is 5.75 Å². The molecule has 0 aliphatic carbocycles. The second-order valence-corrected chi connectivity index (χ2v) is 5.41. The number of halogens is 1. The molecule has 2 atom stereocenters. The van der Waals surface area contributed by atoms with E-state index >= 15 is 0 Å². The average Bonchev–Trinajstić information content (AvgIpc) is 2.34. The largest absolute Gasteiger partial charge is 0.493 e. The molecule has 0 heterocycles. The van der Waals surface area contributed by atoms with Crippen LogP contribution in [0.4, 0.5) is 0 Å². The molecule has 0 fully saturated rings. The molecule has 102 valence electrons. The van der Waals surface area contributed by atoms with Crippen LogP contribution in [0.15, 0.2) is 22.7 Å². The Balaban J connectivity index is 2.70. The van der Waals surface area contributed by atoms with E-state index in [9.17, 15) is 5.11 Å². The quantitative estimate of drug-likeness (QED) is 0.813. The number of rotatable bonds is 7. The van der Waals surface area contributed by atoms with E-state index in [1.165, 1.54) is 5.56 Å². The van der Waals surface area contributed by atoms with E-state index in [1.54, 1.807) is 0 Å². The van der Waals surface area contributed by atoms with E-state index in [4.69, 9.17) is 10.5 Å². The smallest absolute Gasteiger partial charge is 0.133 e. The summed E-state index contributed by atoms with van der Waals surface area (Å²) in [6, 6.07) is 6.12. The van der Waals surface area contributed by atoms with Crippen LogP contribution in [0, 0.1) is 11.8 Å². The van der Waals surface area contributed by atoms with Crippen LogP contribution in [-0.2, 0) is 6.42 Å². The van der Waals surface area contributed by atoms with Crippen LogP contribution < -0.4 is 10.5 Å². The predicted molar refractivity (Wildman–Crippen MR) is 77.8 cm³/mol. The minimum atomic E-state index is 0.149. The van der Waals surface area contributed by atoms with Gasteiger partial charge in [-0.15, -0.1) is 0 Å². The molecule has 0 aliphatic rings. The van der Waals surface area contributed by atoms with Gasteiger partial charge in [-0.3, -0.25) is 0 Å². The molecule has 0 aliphatic heterocycles. The Kier molecular flexibility index (Phi) is 6.68. The summed E-state index contributed by atoms with van der Waals surface area (Å²) in [6.45, 7) is 5.42. The van der Waals surface area contributed by atoms with Gasteiger partial charge in [-0.1, -0.05) is 13.0 Å². The van der Waals surface area contributed by atoms with Crippen molar-refractivity contribution < 1.29 is 9.84 Å². The number of benzene rings is 1. The van der Waals surface area contributed by atoms with Crippen LogP contribution in [0.2, 0.25) is 0 Å². The summed E-state index contributed by atoms with van der Waals surface area (Å²) in [5.41, 5.74) is 6.87. The van der Waals surface area contributed by atoms with Gasteiger partial charge in [0.2, 0.25) is 0 Å². The first-order chi connectivity index (χ1) is 8.62. The first-order valence-corrected chi connectivity index (χ1v) is 7.13. The lowest BCUT2D eigenvalue weighted by atomic mass is 9.89. The molecule has 0 amide bonds. The first kappa shape index (κ1) is 15.5. The molecule has 0 bridgehead atoms. The van der Waals surface area contributed by atoms with Gasteiger partial charge in [-0.2, -0.15) is 0 Å². The van der Waals surface area contributed by atoms with Crippen molar-refractivity contribution in [1.82, 2.24) is 0 Å². The molecule has 18 heavy (non-hydrogen) atoms. The molecule has 1 aromatic carbocycles. The highest BCUT2D eigenvalue weighted by atomic mass is 79.9. The predicted octanol–water partition coefficient (Wildman–Crippen LogP) is 2.59. The van der Waals surface area contributed by atoms with Gasteiger partial charge in [-0.05, 0) is 65.4 Å². The molecule has 0 aromatic heterocycles. The number of ether oxygens (including phenoxy) is 1. The van der Waals surface area contributed by atoms with Crippen LogP contribution in [0.3, 0.4) is 0 Å². The van der Waals surface area contributed by atoms with Gasteiger partial charge in [0, 0.05) is 6.61 Å². The maximum absolute atomic E-state index is 9.23. The minimum Gasteiger partial charge on any atom is -0.493 e. The van der Waals surface area contributed by atoms with E-state index in [1.807, 2.05) is 13.0 Å². The van der Waals surface area contributed by atoms with Crippen molar-refractivity contribution in [3.05, 3.63) is 28.2 Å². The highest BCUT2D eigenvalue weighted by Crippen LogP contribution is 2.27. The molecule has 2 unspecified atom stereocenters. The Hall–Kier alpha value is -0.580. The number of aliphatic hydroxyl groups is 1. The second kappa shape index (κ2) is 7.77. The SMILES string of the molecule is CCOc1ccc(CC(C)C(CN)CO)cc1Br. The van der Waals surface area contributed by atoms with Gasteiger partial charge in [0.25, 0.3) is 0 Å². The zero-order valence-corrected chi connectivity index (χ0v) is 12.6. The number of hydrogen-bond acceptors (Lipinski definition) is 3. The Morgan fingerprint density at radius 1 is 1.44 bits per heavy atom. The van der Waals surface area contributed by atoms with E-state index < -0.39 is 0 Å². The first-order valence-electron chi connectivity index (χ1n) is 6.34. The van der Waals surface area contributed by atoms with Gasteiger partial charge in [0.15, 0.2) is 0 Å². The van der Waals surface area contributed by atoms with Gasteiger partial charge in [0.1, 0.15) is 5.75 Å². The fourth-order valence-electron chi connectivity index (χ4n) is 1.97. The zero-order valence-electron chi connectivity index (χ0n) is 11.0. The summed E-state index contributed by atoms with van der Waals surface area (Å²) in [5, 5.41) is 9.23. The third-order valence-electron chi connectivity index (χ3n) is 3.20. The molecule has 0 saturated heterocycles. The summed E-state index contributed by atoms with van der Waals surface area (Å²) in [4.78, 5) is 0. The van der Waals surface area contributed by atoms with E-state index in [0.717, 1.165) is 16.6 Å². The summed E-state index contributed by atoms with van der Waals surface area (Å²) in [5.74, 6) is 1.40. The molecule has 0 spiro atoms. The molecule has 3 nitrogen and oxygen atoms in total. The Labute approximate surface area is 117 Å². The van der Waals surface area contributed by atoms with E-state index in [0.29, 0.717) is 19.1 Å². The lowest BCUT2D eigenvalue weighted by molar-refractivity contribution is 0.187.